The molecule has 124 valence electrons. The monoisotopic (exact) mass is 334 g/mol. The summed E-state index contributed by atoms with van der Waals surface area (Å²) >= 11 is 0. The van der Waals surface area contributed by atoms with Crippen LogP contribution in [0.2, 0.25) is 0 Å². The molecule has 2 heterocycles. The number of hydrogen-bond donors (Lipinski definition) is 2. The third-order valence-corrected chi connectivity index (χ3v) is 3.50. The van der Waals surface area contributed by atoms with Crippen LogP contribution >= 0.6 is 0 Å². The number of aryl methyl sites for hydroxylation is 1. The van der Waals surface area contributed by atoms with Gasteiger partial charge >= 0.3 is 0 Å². The Morgan fingerprint density at radius 2 is 2.08 bits per heavy atom. The number of anilines is 1. The van der Waals surface area contributed by atoms with E-state index in [0.29, 0.717) is 22.5 Å². The van der Waals surface area contributed by atoms with E-state index in [1.54, 1.807) is 6.92 Å². The third kappa shape index (κ3) is 3.08. The number of benzene rings is 1. The molecule has 2 N–H and O–H groups in total. The molecular formula is C16H13F3N4O. The van der Waals surface area contributed by atoms with Crippen molar-refractivity contribution in [2.75, 3.05) is 5.32 Å². The van der Waals surface area contributed by atoms with Crippen molar-refractivity contribution in [1.82, 2.24) is 15.0 Å². The number of nitrogens with one attached hydrogen (secondary N) is 2. The molecule has 2 aromatic heterocycles. The predicted molar refractivity (Wildman–Crippen MR) is 83.6 cm³/mol. The van der Waals surface area contributed by atoms with Gasteiger partial charge in [-0.2, -0.15) is 0 Å². The molecule has 0 fully saturated rings. The van der Waals surface area contributed by atoms with Crippen LogP contribution in [0.4, 0.5) is 19.0 Å². The zero-order valence-corrected chi connectivity index (χ0v) is 12.6. The van der Waals surface area contributed by atoms with Crippen LogP contribution in [0, 0.1) is 12.7 Å². The van der Waals surface area contributed by atoms with E-state index in [2.05, 4.69) is 20.3 Å². The van der Waals surface area contributed by atoms with Crippen LogP contribution < -0.4 is 10.9 Å². The Bertz CT molecular complexity index is 956. The first-order chi connectivity index (χ1) is 11.5. The molecule has 24 heavy (non-hydrogen) atoms. The molecule has 0 aliphatic rings. The summed E-state index contributed by atoms with van der Waals surface area (Å²) in [5.74, 6) is -0.128. The van der Waals surface area contributed by atoms with Crippen molar-refractivity contribution >= 4 is 16.7 Å². The number of nitrogens with zero attached hydrogens (tertiary/aromatic N) is 2. The fourth-order valence-corrected chi connectivity index (χ4v) is 2.38. The molecule has 0 aliphatic heterocycles. The van der Waals surface area contributed by atoms with E-state index in [-0.39, 0.29) is 17.7 Å². The number of halogens is 3. The Balaban J connectivity index is 1.94. The van der Waals surface area contributed by atoms with Crippen molar-refractivity contribution in [2.24, 2.45) is 0 Å². The van der Waals surface area contributed by atoms with Crippen LogP contribution in [0.25, 0.3) is 10.9 Å². The average Bonchev–Trinajstić information content (AvgIpc) is 2.52. The summed E-state index contributed by atoms with van der Waals surface area (Å²) in [6.45, 7) is 1.63. The van der Waals surface area contributed by atoms with Crippen LogP contribution in [0.15, 0.2) is 35.3 Å². The number of fused-ring (bicyclic) bond motifs is 1. The molecule has 3 aromatic rings. The van der Waals surface area contributed by atoms with Crippen LogP contribution in [0.1, 0.15) is 23.4 Å². The number of aromatic amines is 1. The molecule has 0 unspecified atom stereocenters. The lowest BCUT2D eigenvalue weighted by Crippen LogP contribution is -2.09. The second kappa shape index (κ2) is 6.31. The standard InChI is InChI=1S/C16H13F3N4O/c1-8-22-12-5-13(24)20-7-11(12)16(23-8)21-6-9-3-2-4-10(14(9)17)15(18)19/h2-5,7,15H,6H2,1H3,(H,20,24)(H,21,22,23). The lowest BCUT2D eigenvalue weighted by Gasteiger charge is -2.11. The predicted octanol–water partition coefficient (Wildman–Crippen LogP) is 3.32. The van der Waals surface area contributed by atoms with Crippen molar-refractivity contribution in [1.29, 1.82) is 0 Å². The minimum absolute atomic E-state index is 0.0307. The number of hydrogen-bond acceptors (Lipinski definition) is 4. The maximum atomic E-state index is 14.1. The number of rotatable bonds is 4. The van der Waals surface area contributed by atoms with Crippen molar-refractivity contribution in [3.8, 4) is 0 Å². The smallest absolute Gasteiger partial charge is 0.266 e. The van der Waals surface area contributed by atoms with Gasteiger partial charge in [0.1, 0.15) is 17.5 Å². The molecule has 8 heteroatoms. The second-order valence-corrected chi connectivity index (χ2v) is 5.19. The van der Waals surface area contributed by atoms with Gasteiger partial charge in [-0.15, -0.1) is 0 Å². The van der Waals surface area contributed by atoms with Crippen molar-refractivity contribution < 1.29 is 13.2 Å². The SMILES string of the molecule is Cc1nc(NCc2cccc(C(F)F)c2F)c2c[nH]c(=O)cc2n1. The lowest BCUT2D eigenvalue weighted by atomic mass is 10.1. The minimum Gasteiger partial charge on any atom is -0.365 e. The Kier molecular flexibility index (Phi) is 4.20. The Morgan fingerprint density at radius 3 is 2.83 bits per heavy atom. The van der Waals surface area contributed by atoms with Gasteiger partial charge in [-0.1, -0.05) is 18.2 Å². The second-order valence-electron chi connectivity index (χ2n) is 5.19. The highest BCUT2D eigenvalue weighted by atomic mass is 19.3. The van der Waals surface area contributed by atoms with Crippen molar-refractivity contribution in [3.63, 3.8) is 0 Å². The van der Waals surface area contributed by atoms with Crippen LogP contribution in [0.3, 0.4) is 0 Å². The molecule has 3 rings (SSSR count). The average molecular weight is 334 g/mol. The largest absolute Gasteiger partial charge is 0.365 e. The van der Waals surface area contributed by atoms with Gasteiger partial charge in [0.05, 0.1) is 16.5 Å². The summed E-state index contributed by atoms with van der Waals surface area (Å²) in [5.41, 5.74) is -0.401. The van der Waals surface area contributed by atoms with Gasteiger partial charge in [0, 0.05) is 24.4 Å². The summed E-state index contributed by atoms with van der Waals surface area (Å²) in [6, 6.07) is 5.18. The molecule has 1 aromatic carbocycles. The van der Waals surface area contributed by atoms with E-state index >= 15 is 0 Å². The van der Waals surface area contributed by atoms with E-state index in [4.69, 9.17) is 0 Å². The maximum Gasteiger partial charge on any atom is 0.266 e. The molecule has 0 spiro atoms. The Labute approximate surface area is 134 Å². The van der Waals surface area contributed by atoms with Gasteiger partial charge in [0.15, 0.2) is 0 Å². The number of pyridine rings is 1. The molecule has 0 saturated carbocycles. The minimum atomic E-state index is -2.88. The Morgan fingerprint density at radius 1 is 1.29 bits per heavy atom. The number of aromatic nitrogens is 3. The highest BCUT2D eigenvalue weighted by molar-refractivity contribution is 5.88. The van der Waals surface area contributed by atoms with Gasteiger partial charge in [-0.05, 0) is 6.92 Å². The van der Waals surface area contributed by atoms with E-state index in [1.807, 2.05) is 0 Å². The van der Waals surface area contributed by atoms with Gasteiger partial charge < -0.3 is 10.3 Å². The quantitative estimate of drug-likeness (QED) is 0.768. The molecule has 0 bridgehead atoms. The highest BCUT2D eigenvalue weighted by Gasteiger charge is 2.16. The molecule has 0 radical (unpaired) electrons. The highest BCUT2D eigenvalue weighted by Crippen LogP contribution is 2.25. The van der Waals surface area contributed by atoms with Gasteiger partial charge in [-0.3, -0.25) is 4.79 Å². The van der Waals surface area contributed by atoms with Crippen molar-refractivity contribution in [3.05, 3.63) is 63.6 Å². The number of H-pyrrole nitrogens is 1. The van der Waals surface area contributed by atoms with E-state index in [1.165, 1.54) is 24.4 Å². The summed E-state index contributed by atoms with van der Waals surface area (Å²) in [4.78, 5) is 22.3. The zero-order chi connectivity index (χ0) is 17.3. The van der Waals surface area contributed by atoms with Gasteiger partial charge in [0.2, 0.25) is 5.56 Å². The normalized spacial score (nSPS) is 11.2. The first kappa shape index (κ1) is 16.0. The van der Waals surface area contributed by atoms with Gasteiger partial charge in [0.25, 0.3) is 6.43 Å². The fourth-order valence-electron chi connectivity index (χ4n) is 2.38. The molecule has 0 atom stereocenters. The third-order valence-electron chi connectivity index (χ3n) is 3.50. The maximum absolute atomic E-state index is 14.1. The van der Waals surface area contributed by atoms with E-state index in [9.17, 15) is 18.0 Å². The summed E-state index contributed by atoms with van der Waals surface area (Å²) in [7, 11) is 0. The van der Waals surface area contributed by atoms with E-state index < -0.39 is 17.8 Å². The van der Waals surface area contributed by atoms with Crippen LogP contribution in [0.5, 0.6) is 0 Å². The number of alkyl halides is 2. The molecule has 0 saturated heterocycles. The summed E-state index contributed by atoms with van der Waals surface area (Å²) in [6.07, 6.45) is -1.43. The molecular weight excluding hydrogens is 321 g/mol. The Hall–Kier alpha value is -2.90. The summed E-state index contributed by atoms with van der Waals surface area (Å²) < 4.78 is 39.6. The molecule has 0 aliphatic carbocycles. The molecule has 5 nitrogen and oxygen atoms in total. The molecule has 0 amide bonds. The summed E-state index contributed by atoms with van der Waals surface area (Å²) in [5, 5.41) is 3.46. The van der Waals surface area contributed by atoms with Crippen molar-refractivity contribution in [2.45, 2.75) is 19.9 Å². The van der Waals surface area contributed by atoms with E-state index in [0.717, 1.165) is 6.07 Å². The van der Waals surface area contributed by atoms with Gasteiger partial charge in [-0.25, -0.2) is 23.1 Å². The first-order valence-corrected chi connectivity index (χ1v) is 7.12. The first-order valence-electron chi connectivity index (χ1n) is 7.12. The fraction of sp³-hybridized carbons (Fsp3) is 0.188. The lowest BCUT2D eigenvalue weighted by molar-refractivity contribution is 0.146. The van der Waals surface area contributed by atoms with Crippen LogP contribution in [-0.4, -0.2) is 15.0 Å². The topological polar surface area (TPSA) is 70.7 Å². The zero-order valence-electron chi connectivity index (χ0n) is 12.6. The van der Waals surface area contributed by atoms with Crippen LogP contribution in [-0.2, 0) is 6.54 Å².